The molecule has 1 aromatic carbocycles. The van der Waals surface area contributed by atoms with Gasteiger partial charge >= 0.3 is 0 Å². The minimum atomic E-state index is -0.381. The van der Waals surface area contributed by atoms with Gasteiger partial charge in [-0.05, 0) is 17.5 Å². The summed E-state index contributed by atoms with van der Waals surface area (Å²) < 4.78 is 0. The van der Waals surface area contributed by atoms with E-state index < -0.39 is 0 Å². The summed E-state index contributed by atoms with van der Waals surface area (Å²) in [6, 6.07) is 8.18. The predicted octanol–water partition coefficient (Wildman–Crippen LogP) is 0.711. The zero-order valence-corrected chi connectivity index (χ0v) is 8.57. The highest BCUT2D eigenvalue weighted by atomic mass is 16.3. The Hall–Kier alpha value is -0.900. The van der Waals surface area contributed by atoms with Crippen LogP contribution in [0.4, 0.5) is 0 Å². The molecule has 0 aliphatic heterocycles. The summed E-state index contributed by atoms with van der Waals surface area (Å²) in [6.45, 7) is 0. The van der Waals surface area contributed by atoms with Crippen LogP contribution in [0.2, 0.25) is 0 Å². The van der Waals surface area contributed by atoms with Gasteiger partial charge in [-0.1, -0.05) is 24.3 Å². The molecule has 0 amide bonds. The van der Waals surface area contributed by atoms with Crippen molar-refractivity contribution in [2.75, 3.05) is 14.1 Å². The van der Waals surface area contributed by atoms with Crippen LogP contribution in [0.25, 0.3) is 0 Å². The quantitative estimate of drug-likeness (QED) is 0.677. The third-order valence-corrected chi connectivity index (χ3v) is 2.62. The Bertz CT molecular complexity index is 325. The molecule has 0 unspecified atom stereocenters. The lowest BCUT2D eigenvalue weighted by Gasteiger charge is -2.21. The maximum atomic E-state index is 10.0. The van der Waals surface area contributed by atoms with Crippen LogP contribution in [0.5, 0.6) is 0 Å². The topological polar surface area (TPSA) is 35.5 Å². The smallest absolute Gasteiger partial charge is 0.0962 e. The molecule has 0 heterocycles. The number of benzene rings is 1. The number of hydrogen-bond acceptors (Lipinski definition) is 3. The number of aliphatic hydroxyl groups excluding tert-OH is 1. The van der Waals surface area contributed by atoms with E-state index in [4.69, 9.17) is 0 Å². The molecule has 2 atom stereocenters. The Kier molecular flexibility index (Phi) is 2.54. The van der Waals surface area contributed by atoms with Gasteiger partial charge in [0.2, 0.25) is 0 Å². The molecule has 3 nitrogen and oxygen atoms in total. The summed E-state index contributed by atoms with van der Waals surface area (Å²) >= 11 is 0. The van der Waals surface area contributed by atoms with Crippen molar-refractivity contribution in [1.29, 1.82) is 0 Å². The van der Waals surface area contributed by atoms with Crippen LogP contribution < -0.4 is 5.43 Å². The third kappa shape index (κ3) is 1.66. The van der Waals surface area contributed by atoms with Crippen LogP contribution in [0.3, 0.4) is 0 Å². The van der Waals surface area contributed by atoms with E-state index in [1.165, 1.54) is 5.56 Å². The molecular formula is C11H16N2O. The van der Waals surface area contributed by atoms with Crippen molar-refractivity contribution in [1.82, 2.24) is 10.4 Å². The first kappa shape index (κ1) is 9.65. The molecule has 2 N–H and O–H groups in total. The molecule has 0 radical (unpaired) electrons. The summed E-state index contributed by atoms with van der Waals surface area (Å²) in [6.07, 6.45) is 0.517. The van der Waals surface area contributed by atoms with Crippen LogP contribution in [-0.2, 0) is 6.42 Å². The predicted molar refractivity (Wildman–Crippen MR) is 55.7 cm³/mol. The number of hydrogen-bond donors (Lipinski definition) is 2. The zero-order chi connectivity index (χ0) is 10.1. The monoisotopic (exact) mass is 192 g/mol. The van der Waals surface area contributed by atoms with E-state index >= 15 is 0 Å². The van der Waals surface area contributed by atoms with Crippen molar-refractivity contribution in [2.24, 2.45) is 0 Å². The number of fused-ring (bicyclic) bond motifs is 1. The van der Waals surface area contributed by atoms with Crippen molar-refractivity contribution in [2.45, 2.75) is 18.6 Å². The Labute approximate surface area is 84.3 Å². The minimum absolute atomic E-state index is 0.113. The van der Waals surface area contributed by atoms with Crippen LogP contribution in [0.15, 0.2) is 24.3 Å². The standard InChI is InChI=1S/C11H16N2O/c1-13(2)12-10-7-8-5-3-4-6-9(8)11(10)14/h3-6,10-12,14H,7H2,1-2H3/t10-,11+/m1/s1. The largest absolute Gasteiger partial charge is 0.387 e. The van der Waals surface area contributed by atoms with Gasteiger partial charge < -0.3 is 5.11 Å². The molecule has 2 rings (SSSR count). The van der Waals surface area contributed by atoms with Gasteiger partial charge in [-0.15, -0.1) is 0 Å². The lowest BCUT2D eigenvalue weighted by Crippen LogP contribution is -2.42. The zero-order valence-electron chi connectivity index (χ0n) is 8.57. The van der Waals surface area contributed by atoms with E-state index in [-0.39, 0.29) is 12.1 Å². The number of hydrazine groups is 1. The molecule has 0 saturated heterocycles. The van der Waals surface area contributed by atoms with Gasteiger partial charge in [-0.2, -0.15) is 0 Å². The van der Waals surface area contributed by atoms with E-state index in [1.54, 1.807) is 0 Å². The molecule has 3 heteroatoms. The average molecular weight is 192 g/mol. The molecule has 1 aromatic rings. The van der Waals surface area contributed by atoms with E-state index in [9.17, 15) is 5.11 Å². The van der Waals surface area contributed by atoms with Crippen LogP contribution >= 0.6 is 0 Å². The second-order valence-electron chi connectivity index (χ2n) is 3.98. The van der Waals surface area contributed by atoms with Crippen molar-refractivity contribution >= 4 is 0 Å². The van der Waals surface area contributed by atoms with Gasteiger partial charge in [0.15, 0.2) is 0 Å². The third-order valence-electron chi connectivity index (χ3n) is 2.62. The minimum Gasteiger partial charge on any atom is -0.387 e. The lowest BCUT2D eigenvalue weighted by molar-refractivity contribution is 0.0999. The van der Waals surface area contributed by atoms with Crippen molar-refractivity contribution < 1.29 is 5.11 Å². The van der Waals surface area contributed by atoms with Gasteiger partial charge in [-0.3, -0.25) is 5.01 Å². The normalized spacial score (nSPS) is 25.4. The number of nitrogens with one attached hydrogen (secondary N) is 1. The van der Waals surface area contributed by atoms with Crippen molar-refractivity contribution in [3.05, 3.63) is 35.4 Å². The first-order valence-corrected chi connectivity index (χ1v) is 4.88. The SMILES string of the molecule is CN(C)N[C@@H]1Cc2ccccc2[C@@H]1O. The molecule has 1 aliphatic carbocycles. The van der Waals surface area contributed by atoms with Crippen LogP contribution in [0, 0.1) is 0 Å². The van der Waals surface area contributed by atoms with Crippen molar-refractivity contribution in [3.8, 4) is 0 Å². The van der Waals surface area contributed by atoms with Gasteiger partial charge in [0.1, 0.15) is 0 Å². The van der Waals surface area contributed by atoms with Gasteiger partial charge in [-0.25, -0.2) is 5.43 Å². The fraction of sp³-hybridized carbons (Fsp3) is 0.455. The molecule has 76 valence electrons. The number of nitrogens with zero attached hydrogens (tertiary/aromatic N) is 1. The lowest BCUT2D eigenvalue weighted by atomic mass is 10.1. The maximum Gasteiger partial charge on any atom is 0.0962 e. The highest BCUT2D eigenvalue weighted by molar-refractivity contribution is 5.35. The number of aliphatic hydroxyl groups is 1. The first-order chi connectivity index (χ1) is 6.68. The first-order valence-electron chi connectivity index (χ1n) is 4.88. The number of rotatable bonds is 2. The van der Waals surface area contributed by atoms with Gasteiger partial charge in [0.25, 0.3) is 0 Å². The van der Waals surface area contributed by atoms with E-state index in [0.29, 0.717) is 0 Å². The Morgan fingerprint density at radius 1 is 1.36 bits per heavy atom. The molecule has 1 aliphatic rings. The molecule has 0 aromatic heterocycles. The summed E-state index contributed by atoms with van der Waals surface area (Å²) in [5.41, 5.74) is 5.53. The average Bonchev–Trinajstić information content (AvgIpc) is 2.44. The Balaban J connectivity index is 2.17. The summed E-state index contributed by atoms with van der Waals surface area (Å²) in [4.78, 5) is 0. The molecule has 0 bridgehead atoms. The fourth-order valence-electron chi connectivity index (χ4n) is 2.02. The molecule has 0 saturated carbocycles. The highest BCUT2D eigenvalue weighted by Gasteiger charge is 2.30. The second kappa shape index (κ2) is 3.69. The van der Waals surface area contributed by atoms with Gasteiger partial charge in [0, 0.05) is 14.1 Å². The Morgan fingerprint density at radius 3 is 2.71 bits per heavy atom. The summed E-state index contributed by atoms with van der Waals surface area (Å²) in [5, 5.41) is 11.9. The van der Waals surface area contributed by atoms with E-state index in [1.807, 2.05) is 37.3 Å². The van der Waals surface area contributed by atoms with Crippen molar-refractivity contribution in [3.63, 3.8) is 0 Å². The highest BCUT2D eigenvalue weighted by Crippen LogP contribution is 2.30. The van der Waals surface area contributed by atoms with Crippen LogP contribution in [0.1, 0.15) is 17.2 Å². The molecule has 14 heavy (non-hydrogen) atoms. The van der Waals surface area contributed by atoms with Crippen LogP contribution in [-0.4, -0.2) is 30.3 Å². The molecule has 0 spiro atoms. The second-order valence-corrected chi connectivity index (χ2v) is 3.98. The van der Waals surface area contributed by atoms with Gasteiger partial charge in [0.05, 0.1) is 12.1 Å². The van der Waals surface area contributed by atoms with E-state index in [0.717, 1.165) is 12.0 Å². The Morgan fingerprint density at radius 2 is 2.07 bits per heavy atom. The molecular weight excluding hydrogens is 176 g/mol. The maximum absolute atomic E-state index is 10.0. The van der Waals surface area contributed by atoms with E-state index in [2.05, 4.69) is 11.5 Å². The summed E-state index contributed by atoms with van der Waals surface area (Å²) in [5.74, 6) is 0. The fourth-order valence-corrected chi connectivity index (χ4v) is 2.02. The molecule has 0 fully saturated rings. The summed E-state index contributed by atoms with van der Waals surface area (Å²) in [7, 11) is 3.88.